The van der Waals surface area contributed by atoms with Crippen LogP contribution >= 0.6 is 0 Å². The van der Waals surface area contributed by atoms with Crippen LogP contribution in [0.1, 0.15) is 0 Å². The lowest BCUT2D eigenvalue weighted by Gasteiger charge is -2.23. The Kier molecular flexibility index (Phi) is 8.69. The average Bonchev–Trinajstić information content (AvgIpc) is 3.42. The molecule has 0 heterocycles. The molecule has 0 N–H and O–H groups in total. The van der Waals surface area contributed by atoms with Gasteiger partial charge in [-0.3, -0.25) is 0 Å². The van der Waals surface area contributed by atoms with Gasteiger partial charge in [0.25, 0.3) is 0 Å². The van der Waals surface area contributed by atoms with Crippen LogP contribution in [-0.4, -0.2) is 0 Å². The monoisotopic (exact) mass is 858 g/mol. The quantitative estimate of drug-likeness (QED) is 0.140. The van der Waals surface area contributed by atoms with E-state index in [1.807, 2.05) is 0 Å². The molecule has 0 atom stereocenters. The van der Waals surface area contributed by atoms with Crippen LogP contribution in [0, 0.1) is 0 Å². The summed E-state index contributed by atoms with van der Waals surface area (Å²) in [5.41, 5.74) is 17.3. The molecule has 0 aliphatic carbocycles. The largest absolute Gasteiger partial charge is 0.0622 e. The van der Waals surface area contributed by atoms with Gasteiger partial charge in [0, 0.05) is 0 Å². The summed E-state index contributed by atoms with van der Waals surface area (Å²) in [6.07, 6.45) is 0. The van der Waals surface area contributed by atoms with Crippen molar-refractivity contribution in [2.45, 2.75) is 0 Å². The zero-order chi connectivity index (χ0) is 44.7. The molecule has 0 nitrogen and oxygen atoms in total. The molecule has 0 saturated carbocycles. The fraction of sp³-hybridized carbons (Fsp3) is 0. The van der Waals surface area contributed by atoms with Crippen LogP contribution in [0.15, 0.2) is 255 Å². The smallest absolute Gasteiger partial charge is 0.00139 e. The van der Waals surface area contributed by atoms with E-state index in [0.29, 0.717) is 0 Å². The predicted octanol–water partition coefficient (Wildman–Crippen LogP) is 19.2. The Bertz CT molecular complexity index is 3930. The number of benzene rings is 14. The van der Waals surface area contributed by atoms with Crippen molar-refractivity contribution in [2.75, 3.05) is 0 Å². The van der Waals surface area contributed by atoms with Crippen molar-refractivity contribution >= 4 is 64.6 Å². The molecule has 0 unspecified atom stereocenters. The molecular weight excluding hydrogens is 817 g/mol. The van der Waals surface area contributed by atoms with Gasteiger partial charge in [-0.2, -0.15) is 0 Å². The molecule has 0 bridgehead atoms. The maximum absolute atomic E-state index is 2.53. The third-order valence-electron chi connectivity index (χ3n) is 14.6. The first kappa shape index (κ1) is 38.4. The minimum absolute atomic E-state index is 1.21. The summed E-state index contributed by atoms with van der Waals surface area (Å²) in [6.45, 7) is 0. The van der Waals surface area contributed by atoms with E-state index < -0.39 is 0 Å². The lowest BCUT2D eigenvalue weighted by atomic mass is 9.80. The van der Waals surface area contributed by atoms with Gasteiger partial charge in [-0.15, -0.1) is 0 Å². The first-order chi connectivity index (χ1) is 33.8. The van der Waals surface area contributed by atoms with Crippen molar-refractivity contribution < 1.29 is 0 Å². The van der Waals surface area contributed by atoms with Gasteiger partial charge in [-0.25, -0.2) is 0 Å². The van der Waals surface area contributed by atoms with Gasteiger partial charge >= 0.3 is 0 Å². The van der Waals surface area contributed by atoms with Crippen molar-refractivity contribution in [1.82, 2.24) is 0 Å². The average molecular weight is 859 g/mol. The Morgan fingerprint density at radius 3 is 0.838 bits per heavy atom. The van der Waals surface area contributed by atoms with Crippen molar-refractivity contribution in [1.29, 1.82) is 0 Å². The molecule has 14 rings (SSSR count). The second-order valence-corrected chi connectivity index (χ2v) is 18.2. The molecule has 14 aromatic rings. The summed E-state index contributed by atoms with van der Waals surface area (Å²) >= 11 is 0. The van der Waals surface area contributed by atoms with E-state index in [9.17, 15) is 0 Å². The second-order valence-electron chi connectivity index (χ2n) is 18.2. The lowest BCUT2D eigenvalue weighted by molar-refractivity contribution is 1.60. The van der Waals surface area contributed by atoms with Gasteiger partial charge < -0.3 is 0 Å². The highest BCUT2D eigenvalue weighted by atomic mass is 14.3. The maximum atomic E-state index is 2.53. The Morgan fingerprint density at radius 2 is 0.456 bits per heavy atom. The molecule has 314 valence electrons. The van der Waals surface area contributed by atoms with Crippen LogP contribution in [0.3, 0.4) is 0 Å². The van der Waals surface area contributed by atoms with Crippen molar-refractivity contribution in [2.24, 2.45) is 0 Å². The van der Waals surface area contributed by atoms with Crippen LogP contribution < -0.4 is 0 Å². The summed E-state index contributed by atoms with van der Waals surface area (Å²) in [6, 6.07) is 94.7. The third-order valence-corrected chi connectivity index (χ3v) is 14.6. The molecule has 14 aromatic carbocycles. The van der Waals surface area contributed by atoms with Crippen LogP contribution in [0.25, 0.3) is 143 Å². The number of hydrogen-bond acceptors (Lipinski definition) is 0. The zero-order valence-corrected chi connectivity index (χ0v) is 37.2. The molecular formula is C68H42. The van der Waals surface area contributed by atoms with Crippen LogP contribution in [0.2, 0.25) is 0 Å². The predicted molar refractivity (Wildman–Crippen MR) is 292 cm³/mol. The standard InChI is InChI=1S/C68H42/c1-5-19-43(20-6-1)49-29-13-15-31-53(49)59-39-47-27-17-33-55-61(41-63-51(45-23-9-3-10-24-45)35-37-57(59)67(63)65(47)55)62-42-64-52(46-25-11-4-12-26-46)36-38-58-60(40-48-28-18-34-56(62)66(48)68(58)64)54-32-16-14-30-50(54)44-21-7-2-8-22-44/h1-42H. The van der Waals surface area contributed by atoms with Crippen molar-refractivity contribution in [3.05, 3.63) is 255 Å². The van der Waals surface area contributed by atoms with E-state index in [2.05, 4.69) is 255 Å². The Hall–Kier alpha value is -8.84. The van der Waals surface area contributed by atoms with Gasteiger partial charge in [-0.1, -0.05) is 231 Å². The molecule has 0 spiro atoms. The molecule has 0 fully saturated rings. The molecule has 0 saturated heterocycles. The van der Waals surface area contributed by atoms with Gasteiger partial charge in [0.15, 0.2) is 0 Å². The van der Waals surface area contributed by atoms with Gasteiger partial charge in [0.1, 0.15) is 0 Å². The third kappa shape index (κ3) is 5.88. The normalized spacial score (nSPS) is 11.8. The van der Waals surface area contributed by atoms with Crippen LogP contribution in [0.4, 0.5) is 0 Å². The van der Waals surface area contributed by atoms with Gasteiger partial charge in [0.2, 0.25) is 0 Å². The van der Waals surface area contributed by atoms with E-state index in [1.54, 1.807) is 0 Å². The highest BCUT2D eigenvalue weighted by Gasteiger charge is 2.24. The Morgan fingerprint density at radius 1 is 0.147 bits per heavy atom. The summed E-state index contributed by atoms with van der Waals surface area (Å²) in [4.78, 5) is 0. The van der Waals surface area contributed by atoms with Gasteiger partial charge in [-0.05, 0) is 167 Å². The van der Waals surface area contributed by atoms with E-state index >= 15 is 0 Å². The first-order valence-electron chi connectivity index (χ1n) is 23.7. The van der Waals surface area contributed by atoms with Crippen LogP contribution in [0.5, 0.6) is 0 Å². The van der Waals surface area contributed by atoms with Gasteiger partial charge in [0.05, 0.1) is 0 Å². The van der Waals surface area contributed by atoms with E-state index in [-0.39, 0.29) is 0 Å². The van der Waals surface area contributed by atoms with Crippen molar-refractivity contribution in [3.63, 3.8) is 0 Å². The van der Waals surface area contributed by atoms with E-state index in [4.69, 9.17) is 0 Å². The van der Waals surface area contributed by atoms with Crippen molar-refractivity contribution in [3.8, 4) is 77.9 Å². The SMILES string of the molecule is c1ccc(-c2ccccc2-c2cc3cccc4c(-c5cc6c(-c7ccccc7)ccc7c(-c8ccccc8-c8ccccc8)cc8cccc5c8c67)cc5c(-c6ccccc6)ccc2c5c34)cc1. The molecule has 0 aromatic heterocycles. The molecule has 0 amide bonds. The second kappa shape index (κ2) is 15.4. The summed E-state index contributed by atoms with van der Waals surface area (Å²) in [5, 5.41) is 15.3. The molecule has 0 heteroatoms. The summed E-state index contributed by atoms with van der Waals surface area (Å²) < 4.78 is 0. The van der Waals surface area contributed by atoms with Crippen LogP contribution in [-0.2, 0) is 0 Å². The fourth-order valence-corrected chi connectivity index (χ4v) is 11.6. The Balaban J connectivity index is 1.11. The lowest BCUT2D eigenvalue weighted by Crippen LogP contribution is -1.96. The van der Waals surface area contributed by atoms with E-state index in [1.165, 1.54) is 143 Å². The molecule has 0 aliphatic rings. The highest BCUT2D eigenvalue weighted by Crippen LogP contribution is 2.52. The maximum Gasteiger partial charge on any atom is -0.00139 e. The molecule has 0 radical (unpaired) electrons. The Labute approximate surface area is 395 Å². The zero-order valence-electron chi connectivity index (χ0n) is 37.2. The highest BCUT2D eigenvalue weighted by molar-refractivity contribution is 6.35. The minimum atomic E-state index is 1.21. The fourth-order valence-electron chi connectivity index (χ4n) is 11.6. The minimum Gasteiger partial charge on any atom is -0.0622 e. The molecule has 68 heavy (non-hydrogen) atoms. The first-order valence-corrected chi connectivity index (χ1v) is 23.7. The summed E-state index contributed by atoms with van der Waals surface area (Å²) in [7, 11) is 0. The summed E-state index contributed by atoms with van der Waals surface area (Å²) in [5.74, 6) is 0. The molecule has 0 aliphatic heterocycles. The number of hydrogen-bond donors (Lipinski definition) is 0. The number of rotatable bonds is 7. The van der Waals surface area contributed by atoms with E-state index in [0.717, 1.165) is 0 Å². The topological polar surface area (TPSA) is 0 Å².